The van der Waals surface area contributed by atoms with Crippen molar-refractivity contribution in [3.05, 3.63) is 35.4 Å². The van der Waals surface area contributed by atoms with Gasteiger partial charge in [-0.2, -0.15) is 0 Å². The molecule has 0 aliphatic heterocycles. The van der Waals surface area contributed by atoms with Crippen molar-refractivity contribution in [3.8, 4) is 11.8 Å². The quantitative estimate of drug-likeness (QED) is 0.808. The van der Waals surface area contributed by atoms with Crippen molar-refractivity contribution in [2.75, 3.05) is 13.2 Å². The Hall–Kier alpha value is -1.79. The maximum Gasteiger partial charge on any atom is 0.251 e. The predicted octanol–water partition coefficient (Wildman–Crippen LogP) is 1.81. The first kappa shape index (κ1) is 13.6. The van der Waals surface area contributed by atoms with Gasteiger partial charge in [0.15, 0.2) is 0 Å². The minimum Gasteiger partial charge on any atom is -0.384 e. The highest BCUT2D eigenvalue weighted by atomic mass is 16.2. The monoisotopic (exact) mass is 257 g/mol. The van der Waals surface area contributed by atoms with E-state index in [0.29, 0.717) is 11.5 Å². The molecule has 1 aliphatic carbocycles. The fourth-order valence-corrected chi connectivity index (χ4v) is 2.07. The second kappa shape index (κ2) is 6.40. The molecule has 0 heterocycles. The van der Waals surface area contributed by atoms with E-state index >= 15 is 0 Å². The Morgan fingerprint density at radius 1 is 1.53 bits per heavy atom. The van der Waals surface area contributed by atoms with E-state index in [1.165, 1.54) is 12.8 Å². The first-order valence-corrected chi connectivity index (χ1v) is 6.68. The summed E-state index contributed by atoms with van der Waals surface area (Å²) in [6.07, 6.45) is 2.59. The Morgan fingerprint density at radius 3 is 3.00 bits per heavy atom. The molecule has 3 nitrogen and oxygen atoms in total. The number of aliphatic hydroxyl groups is 1. The molecule has 1 atom stereocenters. The van der Waals surface area contributed by atoms with Gasteiger partial charge in [-0.1, -0.05) is 24.8 Å². The van der Waals surface area contributed by atoms with E-state index < -0.39 is 0 Å². The number of hydrogen-bond acceptors (Lipinski definition) is 2. The van der Waals surface area contributed by atoms with Gasteiger partial charge >= 0.3 is 0 Å². The molecule has 19 heavy (non-hydrogen) atoms. The van der Waals surface area contributed by atoms with E-state index in [4.69, 9.17) is 5.11 Å². The Morgan fingerprint density at radius 2 is 2.32 bits per heavy atom. The summed E-state index contributed by atoms with van der Waals surface area (Å²) in [4.78, 5) is 12.0. The van der Waals surface area contributed by atoms with E-state index in [9.17, 15) is 4.79 Å². The van der Waals surface area contributed by atoms with Crippen LogP contribution in [-0.2, 0) is 0 Å². The normalized spacial score (nSPS) is 15.3. The largest absolute Gasteiger partial charge is 0.384 e. The van der Waals surface area contributed by atoms with Crippen molar-refractivity contribution in [1.29, 1.82) is 0 Å². The van der Waals surface area contributed by atoms with Crippen LogP contribution < -0.4 is 5.32 Å². The summed E-state index contributed by atoms with van der Waals surface area (Å²) < 4.78 is 0. The van der Waals surface area contributed by atoms with Crippen LogP contribution in [0.4, 0.5) is 0 Å². The fraction of sp³-hybridized carbons (Fsp3) is 0.438. The van der Waals surface area contributed by atoms with E-state index in [1.807, 2.05) is 6.07 Å². The zero-order valence-electron chi connectivity index (χ0n) is 11.1. The van der Waals surface area contributed by atoms with Crippen LogP contribution in [0.2, 0.25) is 0 Å². The smallest absolute Gasteiger partial charge is 0.251 e. The summed E-state index contributed by atoms with van der Waals surface area (Å²) in [5, 5.41) is 11.6. The van der Waals surface area contributed by atoms with Crippen molar-refractivity contribution < 1.29 is 9.90 Å². The SMILES string of the molecule is CC(CNC(=O)c1cccc(C#CCO)c1)C1CC1. The molecule has 1 fully saturated rings. The first-order valence-electron chi connectivity index (χ1n) is 6.68. The third-order valence-electron chi connectivity index (χ3n) is 3.45. The molecule has 100 valence electrons. The van der Waals surface area contributed by atoms with E-state index in [0.717, 1.165) is 18.0 Å². The molecular formula is C16H19NO2. The van der Waals surface area contributed by atoms with Crippen LogP contribution in [0.3, 0.4) is 0 Å². The Kier molecular flexibility index (Phi) is 4.59. The average Bonchev–Trinajstić information content (AvgIpc) is 3.27. The van der Waals surface area contributed by atoms with Gasteiger partial charge < -0.3 is 10.4 Å². The number of carbonyl (C=O) groups is 1. The van der Waals surface area contributed by atoms with Gasteiger partial charge in [0.05, 0.1) is 0 Å². The van der Waals surface area contributed by atoms with Crippen molar-refractivity contribution in [1.82, 2.24) is 5.32 Å². The minimum absolute atomic E-state index is 0.0554. The molecule has 1 aromatic carbocycles. The van der Waals surface area contributed by atoms with Crippen molar-refractivity contribution in [2.45, 2.75) is 19.8 Å². The van der Waals surface area contributed by atoms with Crippen LogP contribution in [0.25, 0.3) is 0 Å². The summed E-state index contributed by atoms with van der Waals surface area (Å²) in [7, 11) is 0. The molecule has 1 saturated carbocycles. The number of aliphatic hydroxyl groups excluding tert-OH is 1. The first-order chi connectivity index (χ1) is 9.20. The molecule has 2 N–H and O–H groups in total. The Balaban J connectivity index is 1.94. The third-order valence-corrected chi connectivity index (χ3v) is 3.45. The maximum atomic E-state index is 12.0. The van der Waals surface area contributed by atoms with E-state index in [2.05, 4.69) is 24.1 Å². The predicted molar refractivity (Wildman–Crippen MR) is 74.6 cm³/mol. The summed E-state index contributed by atoms with van der Waals surface area (Å²) >= 11 is 0. The maximum absolute atomic E-state index is 12.0. The minimum atomic E-state index is -0.171. The van der Waals surface area contributed by atoms with Crippen molar-refractivity contribution >= 4 is 5.91 Å². The Labute approximate surface area is 114 Å². The van der Waals surface area contributed by atoms with Gasteiger partial charge in [0.1, 0.15) is 6.61 Å². The average molecular weight is 257 g/mol. The standard InChI is InChI=1S/C16H19NO2/c1-12(14-7-8-14)11-17-16(19)15-6-2-4-13(10-15)5-3-9-18/h2,4,6,10,12,14,18H,7-9,11H2,1H3,(H,17,19). The zero-order valence-corrected chi connectivity index (χ0v) is 11.1. The van der Waals surface area contributed by atoms with Gasteiger partial charge in [-0.15, -0.1) is 0 Å². The van der Waals surface area contributed by atoms with Gasteiger partial charge in [-0.3, -0.25) is 4.79 Å². The number of benzene rings is 1. The second-order valence-corrected chi connectivity index (χ2v) is 5.07. The topological polar surface area (TPSA) is 49.3 Å². The van der Waals surface area contributed by atoms with Crippen LogP contribution in [0.15, 0.2) is 24.3 Å². The molecule has 3 heteroatoms. The Bertz CT molecular complexity index is 509. The summed E-state index contributed by atoms with van der Waals surface area (Å²) in [5.41, 5.74) is 1.37. The number of carbonyl (C=O) groups excluding carboxylic acids is 1. The summed E-state index contributed by atoms with van der Waals surface area (Å²) in [5.74, 6) is 6.68. The molecule has 1 aliphatic rings. The molecule has 1 unspecified atom stereocenters. The number of amides is 1. The lowest BCUT2D eigenvalue weighted by Gasteiger charge is -2.11. The van der Waals surface area contributed by atoms with Gasteiger partial charge in [-0.25, -0.2) is 0 Å². The lowest BCUT2D eigenvalue weighted by atomic mass is 10.1. The van der Waals surface area contributed by atoms with E-state index in [-0.39, 0.29) is 12.5 Å². The van der Waals surface area contributed by atoms with E-state index in [1.54, 1.807) is 18.2 Å². The molecule has 0 radical (unpaired) electrons. The second-order valence-electron chi connectivity index (χ2n) is 5.07. The third kappa shape index (κ3) is 4.11. The highest BCUT2D eigenvalue weighted by Crippen LogP contribution is 2.36. The summed E-state index contributed by atoms with van der Waals surface area (Å²) in [6.45, 7) is 2.74. The molecule has 1 amide bonds. The van der Waals surface area contributed by atoms with Crippen molar-refractivity contribution in [3.63, 3.8) is 0 Å². The number of rotatable bonds is 4. The molecule has 2 rings (SSSR count). The molecule has 0 bridgehead atoms. The summed E-state index contributed by atoms with van der Waals surface area (Å²) in [6, 6.07) is 7.16. The molecule has 0 spiro atoms. The van der Waals surface area contributed by atoms with Crippen molar-refractivity contribution in [2.24, 2.45) is 11.8 Å². The van der Waals surface area contributed by atoms with Gasteiger partial charge in [-0.05, 0) is 42.9 Å². The molecule has 0 aromatic heterocycles. The molecule has 0 saturated heterocycles. The van der Waals surface area contributed by atoms with Crippen LogP contribution in [0, 0.1) is 23.7 Å². The van der Waals surface area contributed by atoms with Crippen LogP contribution in [-0.4, -0.2) is 24.2 Å². The fourth-order valence-electron chi connectivity index (χ4n) is 2.07. The van der Waals surface area contributed by atoms with Crippen LogP contribution in [0.1, 0.15) is 35.7 Å². The van der Waals surface area contributed by atoms with Gasteiger partial charge in [0.2, 0.25) is 0 Å². The van der Waals surface area contributed by atoms with Gasteiger partial charge in [0, 0.05) is 17.7 Å². The highest BCUT2D eigenvalue weighted by molar-refractivity contribution is 5.94. The van der Waals surface area contributed by atoms with Gasteiger partial charge in [0.25, 0.3) is 5.91 Å². The lowest BCUT2D eigenvalue weighted by Crippen LogP contribution is -2.29. The lowest BCUT2D eigenvalue weighted by molar-refractivity contribution is 0.0946. The number of nitrogens with one attached hydrogen (secondary N) is 1. The highest BCUT2D eigenvalue weighted by Gasteiger charge is 2.27. The zero-order chi connectivity index (χ0) is 13.7. The van der Waals surface area contributed by atoms with Crippen LogP contribution in [0.5, 0.6) is 0 Å². The molecule has 1 aromatic rings. The van der Waals surface area contributed by atoms with Crippen LogP contribution >= 0.6 is 0 Å². The number of hydrogen-bond donors (Lipinski definition) is 2. The molecular weight excluding hydrogens is 238 g/mol.